The summed E-state index contributed by atoms with van der Waals surface area (Å²) in [6.45, 7) is 6.14. The first-order valence-corrected chi connectivity index (χ1v) is 11.4. The summed E-state index contributed by atoms with van der Waals surface area (Å²) in [5, 5.41) is 1.79. The number of hydrogen-bond acceptors (Lipinski definition) is 7. The molecule has 7 nitrogen and oxygen atoms in total. The van der Waals surface area contributed by atoms with E-state index in [9.17, 15) is 8.42 Å². The fourth-order valence-corrected chi connectivity index (χ4v) is 6.20. The Balaban J connectivity index is 1.74. The Morgan fingerprint density at radius 1 is 1.26 bits per heavy atom. The number of rotatable bonds is 7. The highest BCUT2D eigenvalue weighted by atomic mass is 32.2. The lowest BCUT2D eigenvalue weighted by atomic mass is 10.1. The van der Waals surface area contributed by atoms with Gasteiger partial charge in [-0.3, -0.25) is 0 Å². The van der Waals surface area contributed by atoms with Crippen molar-refractivity contribution in [3.05, 3.63) is 35.0 Å². The highest BCUT2D eigenvalue weighted by Gasteiger charge is 2.34. The summed E-state index contributed by atoms with van der Waals surface area (Å²) in [6.07, 6.45) is 1.48. The largest absolute Gasteiger partial charge is 0.383 e. The maximum atomic E-state index is 13.1. The van der Waals surface area contributed by atoms with E-state index in [1.165, 1.54) is 11.3 Å². The Hall–Kier alpha value is -1.55. The molecule has 3 heterocycles. The van der Waals surface area contributed by atoms with E-state index >= 15 is 0 Å². The summed E-state index contributed by atoms with van der Waals surface area (Å²) >= 11 is 1.26. The molecule has 0 N–H and O–H groups in total. The van der Waals surface area contributed by atoms with E-state index in [0.29, 0.717) is 17.4 Å². The molecule has 148 valence electrons. The molecule has 9 heteroatoms. The van der Waals surface area contributed by atoms with Crippen LogP contribution in [0.25, 0.3) is 0 Å². The molecule has 0 radical (unpaired) electrons. The zero-order valence-electron chi connectivity index (χ0n) is 16.0. The fourth-order valence-electron chi connectivity index (χ4n) is 3.41. The van der Waals surface area contributed by atoms with Crippen molar-refractivity contribution in [2.45, 2.75) is 36.9 Å². The monoisotopic (exact) mass is 410 g/mol. The van der Waals surface area contributed by atoms with Gasteiger partial charge in [0.25, 0.3) is 10.0 Å². The highest BCUT2D eigenvalue weighted by Crippen LogP contribution is 2.27. The second-order valence-electron chi connectivity index (χ2n) is 6.71. The number of sulfonamides is 1. The number of thiophene rings is 1. The molecule has 2 aromatic rings. The van der Waals surface area contributed by atoms with Crippen molar-refractivity contribution in [3.8, 4) is 0 Å². The van der Waals surface area contributed by atoms with Gasteiger partial charge in [0.05, 0.1) is 6.61 Å². The quantitative estimate of drug-likeness (QED) is 0.698. The predicted octanol–water partition coefficient (Wildman–Crippen LogP) is 2.46. The van der Waals surface area contributed by atoms with E-state index in [-0.39, 0.29) is 6.04 Å². The molecule has 0 spiro atoms. The molecule has 1 saturated heterocycles. The summed E-state index contributed by atoms with van der Waals surface area (Å²) in [6, 6.07) is 5.34. The Morgan fingerprint density at radius 2 is 1.93 bits per heavy atom. The smallest absolute Gasteiger partial charge is 0.252 e. The van der Waals surface area contributed by atoms with E-state index in [4.69, 9.17) is 4.74 Å². The second-order valence-corrected chi connectivity index (χ2v) is 9.77. The summed E-state index contributed by atoms with van der Waals surface area (Å²) in [4.78, 5) is 11.2. The van der Waals surface area contributed by atoms with E-state index in [2.05, 4.69) is 14.9 Å². The Kier molecular flexibility index (Phi) is 6.46. The first-order valence-electron chi connectivity index (χ1n) is 9.03. The summed E-state index contributed by atoms with van der Waals surface area (Å²) in [5.74, 6) is 0.732. The average Bonchev–Trinajstić information content (AvgIpc) is 3.17. The van der Waals surface area contributed by atoms with Gasteiger partial charge in [0.2, 0.25) is 5.95 Å². The van der Waals surface area contributed by atoms with Crippen LogP contribution in [0.5, 0.6) is 0 Å². The van der Waals surface area contributed by atoms with Gasteiger partial charge in [0.1, 0.15) is 4.21 Å². The van der Waals surface area contributed by atoms with Crippen molar-refractivity contribution in [2.75, 3.05) is 38.3 Å². The van der Waals surface area contributed by atoms with Gasteiger partial charge in [0.15, 0.2) is 0 Å². The van der Waals surface area contributed by atoms with Crippen molar-refractivity contribution in [2.24, 2.45) is 0 Å². The van der Waals surface area contributed by atoms with Gasteiger partial charge in [0, 0.05) is 44.2 Å². The van der Waals surface area contributed by atoms with Crippen LogP contribution in [0.3, 0.4) is 0 Å². The third kappa shape index (κ3) is 4.66. The van der Waals surface area contributed by atoms with E-state index in [1.807, 2.05) is 19.9 Å². The van der Waals surface area contributed by atoms with Crippen LogP contribution in [-0.2, 0) is 14.8 Å². The van der Waals surface area contributed by atoms with Crippen molar-refractivity contribution >= 4 is 27.3 Å². The van der Waals surface area contributed by atoms with E-state index < -0.39 is 10.0 Å². The molecule has 27 heavy (non-hydrogen) atoms. The molecular weight excluding hydrogens is 384 g/mol. The average molecular weight is 411 g/mol. The topological polar surface area (TPSA) is 75.6 Å². The minimum Gasteiger partial charge on any atom is -0.383 e. The number of nitrogens with zero attached hydrogens (tertiary/aromatic N) is 4. The molecule has 2 aromatic heterocycles. The van der Waals surface area contributed by atoms with E-state index in [0.717, 1.165) is 43.3 Å². The van der Waals surface area contributed by atoms with Crippen molar-refractivity contribution in [1.82, 2.24) is 14.3 Å². The van der Waals surface area contributed by atoms with Gasteiger partial charge in [-0.25, -0.2) is 18.4 Å². The molecule has 0 aliphatic carbocycles. The van der Waals surface area contributed by atoms with Gasteiger partial charge in [-0.1, -0.05) is 6.07 Å². The van der Waals surface area contributed by atoms with Crippen LogP contribution in [0.2, 0.25) is 0 Å². The SMILES string of the molecule is COCCN(C1CCN(c2nc(C)cc(C)n2)CC1)S(=O)(=O)c1cccs1. The minimum atomic E-state index is -3.50. The van der Waals surface area contributed by atoms with Crippen LogP contribution >= 0.6 is 11.3 Å². The van der Waals surface area contributed by atoms with Gasteiger partial charge < -0.3 is 9.64 Å². The van der Waals surface area contributed by atoms with Crippen LogP contribution < -0.4 is 4.90 Å². The molecule has 0 unspecified atom stereocenters. The normalized spacial score (nSPS) is 16.2. The predicted molar refractivity (Wildman–Crippen MR) is 107 cm³/mol. The zero-order valence-corrected chi connectivity index (χ0v) is 17.6. The summed E-state index contributed by atoms with van der Waals surface area (Å²) in [7, 11) is -1.91. The molecule has 0 amide bonds. The highest BCUT2D eigenvalue weighted by molar-refractivity contribution is 7.91. The molecule has 0 saturated carbocycles. The second kappa shape index (κ2) is 8.64. The lowest BCUT2D eigenvalue weighted by Crippen LogP contribution is -2.48. The number of hydrogen-bond donors (Lipinski definition) is 0. The number of ether oxygens (including phenoxy) is 1. The van der Waals surface area contributed by atoms with Crippen LogP contribution in [0.1, 0.15) is 24.2 Å². The van der Waals surface area contributed by atoms with Gasteiger partial charge >= 0.3 is 0 Å². The van der Waals surface area contributed by atoms with Crippen LogP contribution in [0, 0.1) is 13.8 Å². The minimum absolute atomic E-state index is 0.0468. The van der Waals surface area contributed by atoms with Gasteiger partial charge in [-0.15, -0.1) is 11.3 Å². The van der Waals surface area contributed by atoms with Crippen molar-refractivity contribution in [1.29, 1.82) is 0 Å². The van der Waals surface area contributed by atoms with Crippen LogP contribution in [-0.4, -0.2) is 62.1 Å². The number of methoxy groups -OCH3 is 1. The van der Waals surface area contributed by atoms with E-state index in [1.54, 1.807) is 28.9 Å². The van der Waals surface area contributed by atoms with Crippen LogP contribution in [0.15, 0.2) is 27.8 Å². The Morgan fingerprint density at radius 3 is 2.48 bits per heavy atom. The molecule has 3 rings (SSSR count). The van der Waals surface area contributed by atoms with Gasteiger partial charge in [-0.05, 0) is 44.2 Å². The number of piperidine rings is 1. The lowest BCUT2D eigenvalue weighted by Gasteiger charge is -2.37. The van der Waals surface area contributed by atoms with Crippen LogP contribution in [0.4, 0.5) is 5.95 Å². The van der Waals surface area contributed by atoms with Gasteiger partial charge in [-0.2, -0.15) is 4.31 Å². The van der Waals surface area contributed by atoms with Crippen molar-refractivity contribution < 1.29 is 13.2 Å². The molecule has 0 aromatic carbocycles. The Labute approximate surface area is 165 Å². The number of aromatic nitrogens is 2. The molecule has 0 bridgehead atoms. The first-order chi connectivity index (χ1) is 12.9. The first kappa shape index (κ1) is 20.2. The number of aryl methyl sites for hydroxylation is 2. The molecule has 0 atom stereocenters. The maximum absolute atomic E-state index is 13.1. The molecular formula is C18H26N4O3S2. The molecule has 1 fully saturated rings. The summed E-state index contributed by atoms with van der Waals surface area (Å²) in [5.41, 5.74) is 1.89. The Bertz CT molecular complexity index is 827. The molecule has 1 aliphatic rings. The zero-order chi connectivity index (χ0) is 19.4. The summed E-state index contributed by atoms with van der Waals surface area (Å²) < 4.78 is 33.3. The standard InChI is InChI=1S/C18H26N4O3S2/c1-14-13-15(2)20-18(19-14)21-8-6-16(7-9-21)22(10-11-25-3)27(23,24)17-5-4-12-26-17/h4-5,12-13,16H,6-11H2,1-3H3. The number of anilines is 1. The van der Waals surface area contributed by atoms with Crippen molar-refractivity contribution in [3.63, 3.8) is 0 Å². The maximum Gasteiger partial charge on any atom is 0.252 e. The third-order valence-electron chi connectivity index (χ3n) is 4.70. The lowest BCUT2D eigenvalue weighted by molar-refractivity contribution is 0.159. The third-order valence-corrected chi connectivity index (χ3v) is 8.02. The fraction of sp³-hybridized carbons (Fsp3) is 0.556. The molecule has 1 aliphatic heterocycles.